The number of nitrogens with zero attached hydrogens (tertiary/aromatic N) is 1. The van der Waals surface area contributed by atoms with Gasteiger partial charge in [-0.15, -0.1) is 12.3 Å². The number of anilines is 1. The second-order valence-electron chi connectivity index (χ2n) is 10.9. The van der Waals surface area contributed by atoms with Crippen LogP contribution in [0.3, 0.4) is 0 Å². The number of aliphatic hydroxyl groups is 1. The number of hydrogen-bond acceptors (Lipinski definition) is 3. The number of fused-ring (bicyclic) bond motifs is 4. The fourth-order valence-corrected chi connectivity index (χ4v) is 7.52. The quantitative estimate of drug-likeness (QED) is 0.654. The summed E-state index contributed by atoms with van der Waals surface area (Å²) < 4.78 is 0. The molecule has 0 bridgehead atoms. The van der Waals surface area contributed by atoms with E-state index in [0.717, 1.165) is 38.5 Å². The predicted molar refractivity (Wildman–Crippen MR) is 129 cm³/mol. The van der Waals surface area contributed by atoms with Crippen molar-refractivity contribution in [1.82, 2.24) is 0 Å². The molecular formula is C29H35NO2. The summed E-state index contributed by atoms with van der Waals surface area (Å²) in [7, 11) is 4.13. The summed E-state index contributed by atoms with van der Waals surface area (Å²) in [6.45, 7) is 2.31. The first-order valence-corrected chi connectivity index (χ1v) is 12.2. The SMILES string of the molecule is C#CC[C@]1(O)CC[C@H]2[C@@H]3CCC4=CC(=O)CCC4=C3[C@@H](c3ccc(N(C)C)cc3)C[C@@]21C. The lowest BCUT2D eigenvalue weighted by Crippen LogP contribution is -2.51. The highest BCUT2D eigenvalue weighted by atomic mass is 16.3. The molecule has 2 fully saturated rings. The second-order valence-corrected chi connectivity index (χ2v) is 10.9. The Kier molecular flexibility index (Phi) is 5.13. The number of carbonyl (C=O) groups is 1. The zero-order valence-electron chi connectivity index (χ0n) is 19.7. The Balaban J connectivity index is 1.66. The van der Waals surface area contributed by atoms with Crippen LogP contribution in [0.2, 0.25) is 0 Å². The molecule has 0 aromatic heterocycles. The van der Waals surface area contributed by atoms with E-state index in [4.69, 9.17) is 6.42 Å². The van der Waals surface area contributed by atoms with Gasteiger partial charge in [0.2, 0.25) is 0 Å². The van der Waals surface area contributed by atoms with E-state index in [1.54, 1.807) is 5.57 Å². The minimum Gasteiger partial charge on any atom is -0.388 e. The third-order valence-corrected chi connectivity index (χ3v) is 9.26. The van der Waals surface area contributed by atoms with Gasteiger partial charge in [-0.25, -0.2) is 0 Å². The molecule has 5 atom stereocenters. The second kappa shape index (κ2) is 7.63. The van der Waals surface area contributed by atoms with Crippen LogP contribution in [0.4, 0.5) is 5.69 Å². The van der Waals surface area contributed by atoms with E-state index in [1.165, 1.54) is 22.4 Å². The van der Waals surface area contributed by atoms with Crippen molar-refractivity contribution in [3.8, 4) is 12.3 Å². The van der Waals surface area contributed by atoms with Gasteiger partial charge < -0.3 is 10.0 Å². The summed E-state index contributed by atoms with van der Waals surface area (Å²) in [6.07, 6.45) is 14.4. The smallest absolute Gasteiger partial charge is 0.156 e. The molecule has 4 aliphatic carbocycles. The molecule has 3 nitrogen and oxygen atoms in total. The molecule has 0 spiro atoms. The van der Waals surface area contributed by atoms with E-state index in [0.29, 0.717) is 24.7 Å². The average molecular weight is 430 g/mol. The van der Waals surface area contributed by atoms with Crippen LogP contribution in [-0.4, -0.2) is 30.6 Å². The Morgan fingerprint density at radius 1 is 1.16 bits per heavy atom. The zero-order valence-corrected chi connectivity index (χ0v) is 19.7. The Morgan fingerprint density at radius 2 is 1.91 bits per heavy atom. The zero-order chi connectivity index (χ0) is 22.7. The first-order chi connectivity index (χ1) is 15.3. The van der Waals surface area contributed by atoms with Crippen LogP contribution >= 0.6 is 0 Å². The molecule has 2 saturated carbocycles. The third-order valence-electron chi connectivity index (χ3n) is 9.26. The number of hydrogen-bond donors (Lipinski definition) is 1. The standard InChI is InChI=1S/C29H35NO2/c1-5-15-29(32)16-14-26-24-12-8-20-17-22(31)11-13-23(20)27(24)25(18-28(26,29)2)19-6-9-21(10-7-19)30(3)4/h1,6-7,9-10,17,24-26,32H,8,11-16,18H2,2-4H3/t24-,25+,26-,28-,29-/m0/s1. The molecule has 3 heteroatoms. The minimum atomic E-state index is -0.789. The molecule has 4 aliphatic rings. The lowest BCUT2D eigenvalue weighted by atomic mass is 9.51. The van der Waals surface area contributed by atoms with Gasteiger partial charge in [0, 0.05) is 44.0 Å². The lowest BCUT2D eigenvalue weighted by molar-refractivity contribution is -0.114. The minimum absolute atomic E-state index is 0.190. The predicted octanol–water partition coefficient (Wildman–Crippen LogP) is 5.41. The Morgan fingerprint density at radius 3 is 2.59 bits per heavy atom. The third kappa shape index (κ3) is 3.11. The molecule has 0 saturated heterocycles. The highest BCUT2D eigenvalue weighted by Crippen LogP contribution is 2.67. The fourth-order valence-electron chi connectivity index (χ4n) is 7.52. The van der Waals surface area contributed by atoms with Crippen LogP contribution in [0.15, 0.2) is 47.1 Å². The first-order valence-electron chi connectivity index (χ1n) is 12.2. The van der Waals surface area contributed by atoms with Crippen LogP contribution in [0, 0.1) is 29.6 Å². The molecule has 0 radical (unpaired) electrons. The molecule has 1 aromatic rings. The number of allylic oxidation sites excluding steroid dienone is 4. The highest BCUT2D eigenvalue weighted by Gasteiger charge is 2.62. The number of ketones is 1. The lowest BCUT2D eigenvalue weighted by Gasteiger charge is -2.54. The molecule has 5 rings (SSSR count). The largest absolute Gasteiger partial charge is 0.388 e. The van der Waals surface area contributed by atoms with E-state index in [2.05, 4.69) is 56.1 Å². The summed E-state index contributed by atoms with van der Waals surface area (Å²) in [5.74, 6) is 4.27. The van der Waals surface area contributed by atoms with E-state index in [9.17, 15) is 9.90 Å². The van der Waals surface area contributed by atoms with Crippen molar-refractivity contribution < 1.29 is 9.90 Å². The van der Waals surface area contributed by atoms with Gasteiger partial charge in [-0.1, -0.05) is 24.6 Å². The van der Waals surface area contributed by atoms with Crippen molar-refractivity contribution in [3.63, 3.8) is 0 Å². The Bertz CT molecular complexity index is 1040. The molecule has 0 unspecified atom stereocenters. The van der Waals surface area contributed by atoms with Crippen molar-refractivity contribution in [3.05, 3.63) is 52.6 Å². The molecule has 0 heterocycles. The summed E-state index contributed by atoms with van der Waals surface area (Å²) in [5, 5.41) is 11.8. The van der Waals surface area contributed by atoms with E-state index >= 15 is 0 Å². The summed E-state index contributed by atoms with van der Waals surface area (Å²) in [6, 6.07) is 8.96. The van der Waals surface area contributed by atoms with Crippen LogP contribution in [0.25, 0.3) is 0 Å². The van der Waals surface area contributed by atoms with E-state index < -0.39 is 5.60 Å². The van der Waals surface area contributed by atoms with Gasteiger partial charge in [-0.3, -0.25) is 4.79 Å². The van der Waals surface area contributed by atoms with Gasteiger partial charge in [0.25, 0.3) is 0 Å². The van der Waals surface area contributed by atoms with Gasteiger partial charge in [0.05, 0.1) is 5.60 Å². The van der Waals surface area contributed by atoms with Crippen molar-refractivity contribution >= 4 is 11.5 Å². The summed E-state index contributed by atoms with van der Waals surface area (Å²) >= 11 is 0. The van der Waals surface area contributed by atoms with Crippen molar-refractivity contribution in [2.45, 2.75) is 69.8 Å². The fraction of sp³-hybridized carbons (Fsp3) is 0.552. The first kappa shape index (κ1) is 21.5. The Hall–Kier alpha value is -2.31. The summed E-state index contributed by atoms with van der Waals surface area (Å²) in [4.78, 5) is 14.3. The normalized spacial score (nSPS) is 36.0. The molecule has 32 heavy (non-hydrogen) atoms. The maximum atomic E-state index is 12.2. The van der Waals surface area contributed by atoms with Crippen LogP contribution in [0.5, 0.6) is 0 Å². The van der Waals surface area contributed by atoms with Crippen molar-refractivity contribution in [2.75, 3.05) is 19.0 Å². The number of carbonyl (C=O) groups excluding carboxylic acids is 1. The Labute approximate surface area is 192 Å². The van der Waals surface area contributed by atoms with Gasteiger partial charge in [0.1, 0.15) is 0 Å². The van der Waals surface area contributed by atoms with Crippen LogP contribution in [0.1, 0.15) is 69.8 Å². The average Bonchev–Trinajstić information content (AvgIpc) is 3.03. The van der Waals surface area contributed by atoms with Gasteiger partial charge in [-0.2, -0.15) is 0 Å². The van der Waals surface area contributed by atoms with Gasteiger partial charge >= 0.3 is 0 Å². The maximum absolute atomic E-state index is 12.2. The maximum Gasteiger partial charge on any atom is 0.156 e. The molecule has 168 valence electrons. The number of benzene rings is 1. The molecule has 1 N–H and O–H groups in total. The molecule has 0 amide bonds. The van der Waals surface area contributed by atoms with Crippen molar-refractivity contribution in [2.24, 2.45) is 17.3 Å². The highest BCUT2D eigenvalue weighted by molar-refractivity contribution is 5.93. The molecule has 0 aliphatic heterocycles. The molecular weight excluding hydrogens is 394 g/mol. The number of terminal acetylenes is 1. The summed E-state index contributed by atoms with van der Waals surface area (Å²) in [5.41, 5.74) is 5.85. The van der Waals surface area contributed by atoms with E-state index in [1.807, 2.05) is 6.08 Å². The van der Waals surface area contributed by atoms with Crippen LogP contribution in [-0.2, 0) is 4.79 Å². The van der Waals surface area contributed by atoms with Crippen molar-refractivity contribution in [1.29, 1.82) is 0 Å². The van der Waals surface area contributed by atoms with Gasteiger partial charge in [-0.05, 0) is 85.3 Å². The van der Waals surface area contributed by atoms with E-state index in [-0.39, 0.29) is 17.1 Å². The van der Waals surface area contributed by atoms with Gasteiger partial charge in [0.15, 0.2) is 5.78 Å². The van der Waals surface area contributed by atoms with Crippen LogP contribution < -0.4 is 4.90 Å². The molecule has 1 aromatic carbocycles. The number of rotatable bonds is 3. The monoisotopic (exact) mass is 429 g/mol. The topological polar surface area (TPSA) is 40.5 Å².